The smallest absolute Gasteiger partial charge is 0.347 e. The molecule has 1 fully saturated rings. The summed E-state index contributed by atoms with van der Waals surface area (Å²) < 4.78 is 24.0. The number of hydrogen-bond donors (Lipinski definition) is 1. The van der Waals surface area contributed by atoms with Gasteiger partial charge < -0.3 is 19.7 Å². The predicted molar refractivity (Wildman–Crippen MR) is 96.5 cm³/mol. The SMILES string of the molecule is Cc1cc(F)ccc1N1CCNCC1C(=O)OC(C)C(=O)OC(C)(C)C. The first-order valence-electron chi connectivity index (χ1n) is 8.75. The Morgan fingerprint density at radius 1 is 1.35 bits per heavy atom. The summed E-state index contributed by atoms with van der Waals surface area (Å²) in [6, 6.07) is 3.87. The van der Waals surface area contributed by atoms with Crippen molar-refractivity contribution in [3.63, 3.8) is 0 Å². The van der Waals surface area contributed by atoms with Crippen molar-refractivity contribution in [2.45, 2.75) is 52.4 Å². The van der Waals surface area contributed by atoms with E-state index in [2.05, 4.69) is 5.32 Å². The molecule has 1 aliphatic heterocycles. The molecule has 1 saturated heterocycles. The van der Waals surface area contributed by atoms with Crippen LogP contribution in [0.3, 0.4) is 0 Å². The molecule has 1 aliphatic rings. The molecule has 1 aromatic rings. The molecule has 26 heavy (non-hydrogen) atoms. The number of piperazine rings is 1. The summed E-state index contributed by atoms with van der Waals surface area (Å²) in [4.78, 5) is 26.6. The largest absolute Gasteiger partial charge is 0.457 e. The van der Waals surface area contributed by atoms with Gasteiger partial charge in [-0.15, -0.1) is 0 Å². The number of aryl methyl sites for hydroxylation is 1. The van der Waals surface area contributed by atoms with Gasteiger partial charge in [0.25, 0.3) is 0 Å². The summed E-state index contributed by atoms with van der Waals surface area (Å²) in [7, 11) is 0. The van der Waals surface area contributed by atoms with Gasteiger partial charge in [0.2, 0.25) is 0 Å². The first-order valence-corrected chi connectivity index (χ1v) is 8.75. The summed E-state index contributed by atoms with van der Waals surface area (Å²) in [5, 5.41) is 3.15. The molecule has 0 amide bonds. The summed E-state index contributed by atoms with van der Waals surface area (Å²) in [5.41, 5.74) is 0.867. The third-order valence-corrected chi connectivity index (χ3v) is 4.02. The number of hydrogen-bond acceptors (Lipinski definition) is 6. The lowest BCUT2D eigenvalue weighted by Gasteiger charge is -2.37. The number of nitrogens with one attached hydrogen (secondary N) is 1. The van der Waals surface area contributed by atoms with Crippen LogP contribution >= 0.6 is 0 Å². The maximum Gasteiger partial charge on any atom is 0.347 e. The van der Waals surface area contributed by atoms with Crippen molar-refractivity contribution >= 4 is 17.6 Å². The average molecular weight is 366 g/mol. The molecule has 1 aromatic carbocycles. The third kappa shape index (κ3) is 5.17. The Hall–Kier alpha value is -2.15. The Kier molecular flexibility index (Phi) is 6.23. The molecular formula is C19H27FN2O4. The number of carbonyl (C=O) groups is 2. The lowest BCUT2D eigenvalue weighted by Crippen LogP contribution is -2.56. The van der Waals surface area contributed by atoms with Crippen molar-refractivity contribution in [1.29, 1.82) is 0 Å². The fraction of sp³-hybridized carbons (Fsp3) is 0.579. The highest BCUT2D eigenvalue weighted by atomic mass is 19.1. The third-order valence-electron chi connectivity index (χ3n) is 4.02. The molecule has 0 radical (unpaired) electrons. The van der Waals surface area contributed by atoms with Gasteiger partial charge in [-0.05, 0) is 58.4 Å². The van der Waals surface area contributed by atoms with Gasteiger partial charge in [-0.2, -0.15) is 0 Å². The molecule has 2 atom stereocenters. The maximum atomic E-state index is 13.4. The molecule has 6 nitrogen and oxygen atoms in total. The number of rotatable bonds is 4. The number of anilines is 1. The molecule has 0 spiro atoms. The zero-order valence-electron chi connectivity index (χ0n) is 16.0. The van der Waals surface area contributed by atoms with Gasteiger partial charge in [0.15, 0.2) is 6.10 Å². The monoisotopic (exact) mass is 366 g/mol. The fourth-order valence-electron chi connectivity index (χ4n) is 2.83. The molecule has 0 aromatic heterocycles. The van der Waals surface area contributed by atoms with E-state index in [9.17, 15) is 14.0 Å². The molecule has 0 bridgehead atoms. The van der Waals surface area contributed by atoms with E-state index in [1.165, 1.54) is 19.1 Å². The van der Waals surface area contributed by atoms with Crippen molar-refractivity contribution in [2.24, 2.45) is 0 Å². The Labute approximate surface area is 153 Å². The minimum atomic E-state index is -1.00. The molecule has 2 rings (SSSR count). The van der Waals surface area contributed by atoms with E-state index >= 15 is 0 Å². The van der Waals surface area contributed by atoms with E-state index in [1.54, 1.807) is 33.8 Å². The minimum Gasteiger partial charge on any atom is -0.457 e. The molecule has 0 saturated carbocycles. The van der Waals surface area contributed by atoms with E-state index < -0.39 is 29.7 Å². The number of halogens is 1. The summed E-state index contributed by atoms with van der Waals surface area (Å²) >= 11 is 0. The van der Waals surface area contributed by atoms with Crippen LogP contribution in [-0.2, 0) is 19.1 Å². The second-order valence-electron chi connectivity index (χ2n) is 7.46. The number of esters is 2. The van der Waals surface area contributed by atoms with Crippen LogP contribution in [-0.4, -0.2) is 49.3 Å². The Bertz CT molecular complexity index is 672. The predicted octanol–water partition coefficient (Wildman–Crippen LogP) is 2.19. The zero-order valence-corrected chi connectivity index (χ0v) is 16.0. The molecule has 7 heteroatoms. The second-order valence-corrected chi connectivity index (χ2v) is 7.46. The van der Waals surface area contributed by atoms with E-state index in [-0.39, 0.29) is 5.82 Å². The van der Waals surface area contributed by atoms with E-state index in [0.29, 0.717) is 19.6 Å². The summed E-state index contributed by atoms with van der Waals surface area (Å²) in [6.07, 6.45) is -1.00. The Morgan fingerprint density at radius 2 is 2.04 bits per heavy atom. The quantitative estimate of drug-likeness (QED) is 0.824. The van der Waals surface area contributed by atoms with Crippen LogP contribution < -0.4 is 10.2 Å². The van der Waals surface area contributed by atoms with Crippen LogP contribution in [0.25, 0.3) is 0 Å². The molecule has 2 unspecified atom stereocenters. The van der Waals surface area contributed by atoms with Gasteiger partial charge in [-0.1, -0.05) is 0 Å². The molecule has 144 valence electrons. The van der Waals surface area contributed by atoms with Gasteiger partial charge in [0, 0.05) is 25.3 Å². The number of carbonyl (C=O) groups excluding carboxylic acids is 2. The standard InChI is InChI=1S/C19H27FN2O4/c1-12-10-14(20)6-7-15(12)22-9-8-21-11-16(22)18(24)25-13(2)17(23)26-19(3,4)5/h6-7,10,13,16,21H,8-9,11H2,1-5H3. The van der Waals surface area contributed by atoms with Crippen LogP contribution in [0.1, 0.15) is 33.3 Å². The average Bonchev–Trinajstić information content (AvgIpc) is 2.53. The molecule has 1 N–H and O–H groups in total. The highest BCUT2D eigenvalue weighted by molar-refractivity contribution is 5.85. The first-order chi connectivity index (χ1) is 12.1. The van der Waals surface area contributed by atoms with Crippen LogP contribution in [0.4, 0.5) is 10.1 Å². The van der Waals surface area contributed by atoms with Gasteiger partial charge in [0.1, 0.15) is 17.5 Å². The highest BCUT2D eigenvalue weighted by Crippen LogP contribution is 2.24. The molecule has 1 heterocycles. The molecule has 0 aliphatic carbocycles. The van der Waals surface area contributed by atoms with Crippen LogP contribution in [0.15, 0.2) is 18.2 Å². The summed E-state index contributed by atoms with van der Waals surface area (Å²) in [6.45, 7) is 10.2. The van der Waals surface area contributed by atoms with Crippen molar-refractivity contribution < 1.29 is 23.5 Å². The van der Waals surface area contributed by atoms with Gasteiger partial charge in [-0.3, -0.25) is 0 Å². The fourth-order valence-corrected chi connectivity index (χ4v) is 2.83. The van der Waals surface area contributed by atoms with Crippen LogP contribution in [0.2, 0.25) is 0 Å². The topological polar surface area (TPSA) is 67.9 Å². The maximum absolute atomic E-state index is 13.4. The van der Waals surface area contributed by atoms with Crippen molar-refractivity contribution in [3.05, 3.63) is 29.6 Å². The first kappa shape index (κ1) is 20.2. The lowest BCUT2D eigenvalue weighted by atomic mass is 10.1. The second kappa shape index (κ2) is 8.03. The normalized spacial score (nSPS) is 19.0. The van der Waals surface area contributed by atoms with Gasteiger partial charge in [0.05, 0.1) is 0 Å². The number of ether oxygens (including phenoxy) is 2. The van der Waals surface area contributed by atoms with E-state index in [0.717, 1.165) is 11.3 Å². The number of benzene rings is 1. The Morgan fingerprint density at radius 3 is 2.65 bits per heavy atom. The van der Waals surface area contributed by atoms with E-state index in [4.69, 9.17) is 9.47 Å². The minimum absolute atomic E-state index is 0.320. The number of nitrogens with zero attached hydrogens (tertiary/aromatic N) is 1. The summed E-state index contributed by atoms with van der Waals surface area (Å²) in [5.74, 6) is -1.42. The van der Waals surface area contributed by atoms with Crippen molar-refractivity contribution in [3.8, 4) is 0 Å². The molecular weight excluding hydrogens is 339 g/mol. The van der Waals surface area contributed by atoms with Crippen molar-refractivity contribution in [2.75, 3.05) is 24.5 Å². The van der Waals surface area contributed by atoms with E-state index in [1.807, 2.05) is 4.90 Å². The lowest BCUT2D eigenvalue weighted by molar-refractivity contribution is -0.175. The Balaban J connectivity index is 2.11. The highest BCUT2D eigenvalue weighted by Gasteiger charge is 2.34. The van der Waals surface area contributed by atoms with Crippen LogP contribution in [0, 0.1) is 12.7 Å². The zero-order chi connectivity index (χ0) is 19.5. The van der Waals surface area contributed by atoms with Crippen LogP contribution in [0.5, 0.6) is 0 Å². The van der Waals surface area contributed by atoms with Crippen molar-refractivity contribution in [1.82, 2.24) is 5.32 Å². The van der Waals surface area contributed by atoms with Gasteiger partial charge in [-0.25, -0.2) is 14.0 Å². The van der Waals surface area contributed by atoms with Gasteiger partial charge >= 0.3 is 11.9 Å².